The Morgan fingerprint density at radius 2 is 2.12 bits per heavy atom. The number of hydrogen-bond donors (Lipinski definition) is 1. The molecule has 0 amide bonds. The van der Waals surface area contributed by atoms with Gasteiger partial charge in [0, 0.05) is 56.1 Å². The molecule has 0 saturated carbocycles. The maximum atomic E-state index is 13.9. The summed E-state index contributed by atoms with van der Waals surface area (Å²) in [5.41, 5.74) is 4.60. The van der Waals surface area contributed by atoms with Crippen LogP contribution < -0.4 is 5.32 Å². The lowest BCUT2D eigenvalue weighted by Crippen LogP contribution is -2.41. The molecule has 1 aromatic rings. The lowest BCUT2D eigenvalue weighted by Gasteiger charge is -2.32. The molecule has 32 heavy (non-hydrogen) atoms. The van der Waals surface area contributed by atoms with Crippen LogP contribution in [0.1, 0.15) is 37.4 Å². The van der Waals surface area contributed by atoms with Crippen LogP contribution in [0.4, 0.5) is 4.39 Å². The first-order valence-electron chi connectivity index (χ1n) is 12.2. The van der Waals surface area contributed by atoms with Gasteiger partial charge in [0.05, 0.1) is 18.9 Å². The molecule has 0 spiro atoms. The summed E-state index contributed by atoms with van der Waals surface area (Å²) in [6, 6.07) is 5.26. The Balaban J connectivity index is 1.27. The number of ether oxygens (including phenoxy) is 1. The number of hydrogen-bond acceptors (Lipinski definition) is 5. The molecule has 0 radical (unpaired) electrons. The number of fused-ring (bicyclic) bond motifs is 1. The van der Waals surface area contributed by atoms with E-state index >= 15 is 0 Å². The highest BCUT2D eigenvalue weighted by atomic mass is 19.1. The predicted octanol–water partition coefficient (Wildman–Crippen LogP) is 3.51. The summed E-state index contributed by atoms with van der Waals surface area (Å²) in [7, 11) is 0. The number of aromatic nitrogens is 1. The second kappa shape index (κ2) is 9.96. The van der Waals surface area contributed by atoms with Crippen molar-refractivity contribution in [3.8, 4) is 0 Å². The Kier molecular flexibility index (Phi) is 6.83. The van der Waals surface area contributed by atoms with Gasteiger partial charge in [-0.25, -0.2) is 4.39 Å². The molecule has 3 heterocycles. The third kappa shape index (κ3) is 4.74. The molecule has 1 aromatic heterocycles. The van der Waals surface area contributed by atoms with Gasteiger partial charge in [0.15, 0.2) is 0 Å². The Hall–Kier alpha value is -1.86. The summed E-state index contributed by atoms with van der Waals surface area (Å²) < 4.78 is 19.4. The maximum Gasteiger partial charge on any atom is 0.125 e. The summed E-state index contributed by atoms with van der Waals surface area (Å²) >= 11 is 0. The summed E-state index contributed by atoms with van der Waals surface area (Å²) in [5.74, 6) is -0.115. The van der Waals surface area contributed by atoms with Gasteiger partial charge in [0.25, 0.3) is 0 Å². The highest BCUT2D eigenvalue weighted by Gasteiger charge is 2.36. The standard InChI is InChI=1S/C26H35FN4O/c1-19-16-21(5-7-23(19)27)26-22(4-2-9-28-26)20-6-8-24-25(17-20)31(18-29-24)11-3-10-30-12-14-32-15-13-30/h2,4-7,9,16,19,23-25,29H,3,8,10-15,17-18H2,1H3/t19?,23-,24+,25-/m1/s1. The molecule has 6 heteroatoms. The quantitative estimate of drug-likeness (QED) is 0.736. The van der Waals surface area contributed by atoms with E-state index in [0.29, 0.717) is 12.1 Å². The Labute approximate surface area is 191 Å². The van der Waals surface area contributed by atoms with Crippen LogP contribution >= 0.6 is 0 Å². The van der Waals surface area contributed by atoms with Crippen LogP contribution in [0.3, 0.4) is 0 Å². The zero-order chi connectivity index (χ0) is 21.9. The molecule has 2 aliphatic heterocycles. The van der Waals surface area contributed by atoms with Crippen molar-refractivity contribution < 1.29 is 9.13 Å². The topological polar surface area (TPSA) is 40.6 Å². The van der Waals surface area contributed by atoms with Gasteiger partial charge in [0.1, 0.15) is 6.17 Å². The van der Waals surface area contributed by atoms with Gasteiger partial charge in [0.2, 0.25) is 0 Å². The largest absolute Gasteiger partial charge is 0.379 e. The third-order valence-corrected chi connectivity index (χ3v) is 7.39. The average Bonchev–Trinajstić information content (AvgIpc) is 3.24. The van der Waals surface area contributed by atoms with Gasteiger partial charge in [-0.3, -0.25) is 20.1 Å². The molecule has 5 rings (SSSR count). The molecule has 2 saturated heterocycles. The lowest BCUT2D eigenvalue weighted by atomic mass is 9.84. The maximum absolute atomic E-state index is 13.9. The van der Waals surface area contributed by atoms with Crippen LogP contribution in [-0.2, 0) is 4.74 Å². The zero-order valence-corrected chi connectivity index (χ0v) is 19.0. The molecule has 5 nitrogen and oxygen atoms in total. The number of halogens is 1. The highest BCUT2D eigenvalue weighted by molar-refractivity contribution is 5.83. The Morgan fingerprint density at radius 3 is 2.97 bits per heavy atom. The number of alkyl halides is 1. The third-order valence-electron chi connectivity index (χ3n) is 7.39. The van der Waals surface area contributed by atoms with Crippen molar-refractivity contribution in [2.24, 2.45) is 5.92 Å². The molecule has 2 fully saturated rings. The van der Waals surface area contributed by atoms with Crippen LogP contribution in [0.5, 0.6) is 0 Å². The van der Waals surface area contributed by atoms with E-state index in [1.807, 2.05) is 31.3 Å². The first kappa shape index (κ1) is 22.0. The second-order valence-corrected chi connectivity index (χ2v) is 9.51. The fourth-order valence-corrected chi connectivity index (χ4v) is 5.47. The molecule has 0 bridgehead atoms. The molecule has 172 valence electrons. The van der Waals surface area contributed by atoms with Crippen molar-refractivity contribution in [1.82, 2.24) is 20.1 Å². The van der Waals surface area contributed by atoms with Gasteiger partial charge < -0.3 is 4.74 Å². The molecular formula is C26H35FN4O. The van der Waals surface area contributed by atoms with Gasteiger partial charge >= 0.3 is 0 Å². The van der Waals surface area contributed by atoms with Crippen molar-refractivity contribution in [2.75, 3.05) is 46.1 Å². The van der Waals surface area contributed by atoms with E-state index in [4.69, 9.17) is 9.72 Å². The number of allylic oxidation sites excluding steroid dienone is 4. The van der Waals surface area contributed by atoms with Crippen molar-refractivity contribution in [1.29, 1.82) is 0 Å². The highest BCUT2D eigenvalue weighted by Crippen LogP contribution is 2.36. The Morgan fingerprint density at radius 1 is 1.25 bits per heavy atom. The van der Waals surface area contributed by atoms with Crippen LogP contribution in [-0.4, -0.2) is 79.1 Å². The SMILES string of the molecule is CC1C=C(c2ncccc2C2=CC[C@@H]3NCN(CCCN4CCOCC4)[C@@H]3C2)C=C[C@H]1F. The number of rotatable bonds is 6. The minimum Gasteiger partial charge on any atom is -0.379 e. The first-order valence-corrected chi connectivity index (χ1v) is 12.2. The van der Waals surface area contributed by atoms with Crippen molar-refractivity contribution in [3.63, 3.8) is 0 Å². The van der Waals surface area contributed by atoms with E-state index in [-0.39, 0.29) is 5.92 Å². The van der Waals surface area contributed by atoms with E-state index in [1.165, 1.54) is 17.6 Å². The normalized spacial score (nSPS) is 31.3. The summed E-state index contributed by atoms with van der Waals surface area (Å²) in [4.78, 5) is 9.86. The predicted molar refractivity (Wildman–Crippen MR) is 127 cm³/mol. The molecular weight excluding hydrogens is 403 g/mol. The van der Waals surface area contributed by atoms with Crippen molar-refractivity contribution in [2.45, 2.75) is 44.4 Å². The fraction of sp³-hybridized carbons (Fsp3) is 0.577. The van der Waals surface area contributed by atoms with Crippen LogP contribution in [0, 0.1) is 5.92 Å². The number of morpholine rings is 1. The molecule has 0 aromatic carbocycles. The minimum absolute atomic E-state index is 0.115. The molecule has 1 N–H and O–H groups in total. The Bertz CT molecular complexity index is 892. The monoisotopic (exact) mass is 438 g/mol. The first-order chi connectivity index (χ1) is 15.7. The van der Waals surface area contributed by atoms with Crippen LogP contribution in [0.25, 0.3) is 11.1 Å². The minimum atomic E-state index is -0.906. The van der Waals surface area contributed by atoms with E-state index < -0.39 is 6.17 Å². The number of nitrogens with one attached hydrogen (secondary N) is 1. The molecule has 4 aliphatic rings. The summed E-state index contributed by atoms with van der Waals surface area (Å²) in [6.07, 6.45) is 12.2. The van der Waals surface area contributed by atoms with Crippen LogP contribution in [0.2, 0.25) is 0 Å². The van der Waals surface area contributed by atoms with Gasteiger partial charge in [-0.15, -0.1) is 0 Å². The molecule has 2 aliphatic carbocycles. The van der Waals surface area contributed by atoms with Crippen LogP contribution in [0.15, 0.2) is 42.6 Å². The van der Waals surface area contributed by atoms with E-state index in [9.17, 15) is 4.39 Å². The zero-order valence-electron chi connectivity index (χ0n) is 19.0. The van der Waals surface area contributed by atoms with Crippen molar-refractivity contribution in [3.05, 3.63) is 53.9 Å². The summed E-state index contributed by atoms with van der Waals surface area (Å²) in [6.45, 7) is 9.05. The van der Waals surface area contributed by atoms with Crippen molar-refractivity contribution >= 4 is 11.1 Å². The lowest BCUT2D eigenvalue weighted by molar-refractivity contribution is 0.0359. The fourth-order valence-electron chi connectivity index (χ4n) is 5.47. The van der Waals surface area contributed by atoms with E-state index in [0.717, 1.165) is 70.2 Å². The van der Waals surface area contributed by atoms with Gasteiger partial charge in [-0.2, -0.15) is 0 Å². The van der Waals surface area contributed by atoms with Gasteiger partial charge in [-0.1, -0.05) is 31.2 Å². The number of nitrogens with zero attached hydrogens (tertiary/aromatic N) is 3. The molecule has 1 unspecified atom stereocenters. The smallest absolute Gasteiger partial charge is 0.125 e. The number of pyridine rings is 1. The average molecular weight is 439 g/mol. The van der Waals surface area contributed by atoms with E-state index in [1.54, 1.807) is 6.08 Å². The molecule has 4 atom stereocenters. The van der Waals surface area contributed by atoms with Gasteiger partial charge in [-0.05, 0) is 49.1 Å². The summed E-state index contributed by atoms with van der Waals surface area (Å²) in [5, 5.41) is 3.73. The second-order valence-electron chi connectivity index (χ2n) is 9.51. The van der Waals surface area contributed by atoms with E-state index in [2.05, 4.69) is 27.3 Å².